The molecule has 18 heavy (non-hydrogen) atoms. The van der Waals surface area contributed by atoms with Crippen LogP contribution in [-0.4, -0.2) is 25.7 Å². The summed E-state index contributed by atoms with van der Waals surface area (Å²) in [5.41, 5.74) is 1.26. The molecule has 1 heterocycles. The molecule has 0 saturated carbocycles. The lowest BCUT2D eigenvalue weighted by molar-refractivity contribution is 0.502. The summed E-state index contributed by atoms with van der Waals surface area (Å²) in [6.07, 6.45) is 3.67. The fraction of sp³-hybridized carbons (Fsp3) is 0.571. The van der Waals surface area contributed by atoms with Crippen molar-refractivity contribution in [2.75, 3.05) is 24.5 Å². The van der Waals surface area contributed by atoms with Crippen LogP contribution in [0.2, 0.25) is 5.02 Å². The predicted molar refractivity (Wildman–Crippen MR) is 82.7 cm³/mol. The number of nitrogens with zero attached hydrogens (tertiary/aromatic N) is 1. The summed E-state index contributed by atoms with van der Waals surface area (Å²) in [6, 6.07) is 6.80. The van der Waals surface area contributed by atoms with Crippen molar-refractivity contribution in [3.8, 4) is 0 Å². The number of halogens is 2. The van der Waals surface area contributed by atoms with Crippen LogP contribution in [0.5, 0.6) is 0 Å². The summed E-state index contributed by atoms with van der Waals surface area (Å²) in [4.78, 5) is 2.46. The molecule has 1 atom stereocenters. The second-order valence-electron chi connectivity index (χ2n) is 4.84. The van der Waals surface area contributed by atoms with E-state index in [1.165, 1.54) is 24.9 Å². The van der Waals surface area contributed by atoms with Gasteiger partial charge in [0.1, 0.15) is 0 Å². The Morgan fingerprint density at radius 1 is 1.50 bits per heavy atom. The molecule has 0 aliphatic carbocycles. The average Bonchev–Trinajstić information content (AvgIpc) is 2.59. The van der Waals surface area contributed by atoms with Gasteiger partial charge in [-0.1, -0.05) is 24.9 Å². The highest BCUT2D eigenvalue weighted by molar-refractivity contribution is 9.10. The van der Waals surface area contributed by atoms with Crippen molar-refractivity contribution in [1.29, 1.82) is 0 Å². The predicted octanol–water partition coefficient (Wildman–Crippen LogP) is 4.07. The van der Waals surface area contributed by atoms with Gasteiger partial charge < -0.3 is 10.2 Å². The fourth-order valence-electron chi connectivity index (χ4n) is 2.46. The number of benzene rings is 1. The van der Waals surface area contributed by atoms with E-state index in [4.69, 9.17) is 11.6 Å². The molecule has 1 aliphatic heterocycles. The Hall–Kier alpha value is -0.250. The van der Waals surface area contributed by atoms with E-state index in [1.54, 1.807) is 0 Å². The first-order chi connectivity index (χ1) is 8.70. The normalized spacial score (nSPS) is 20.8. The van der Waals surface area contributed by atoms with Gasteiger partial charge in [-0.25, -0.2) is 0 Å². The van der Waals surface area contributed by atoms with E-state index in [0.717, 1.165) is 29.1 Å². The van der Waals surface area contributed by atoms with Crippen molar-refractivity contribution in [2.45, 2.75) is 32.2 Å². The maximum atomic E-state index is 6.05. The van der Waals surface area contributed by atoms with Crippen LogP contribution in [0.3, 0.4) is 0 Å². The van der Waals surface area contributed by atoms with Gasteiger partial charge in [-0.3, -0.25) is 0 Å². The van der Waals surface area contributed by atoms with Gasteiger partial charge in [-0.15, -0.1) is 0 Å². The smallest absolute Gasteiger partial charge is 0.0549 e. The maximum Gasteiger partial charge on any atom is 0.0549 e. The van der Waals surface area contributed by atoms with Crippen LogP contribution < -0.4 is 10.2 Å². The first-order valence-corrected chi connectivity index (χ1v) is 7.81. The molecule has 1 saturated heterocycles. The third-order valence-corrected chi connectivity index (χ3v) is 4.60. The van der Waals surface area contributed by atoms with Crippen LogP contribution >= 0.6 is 27.5 Å². The highest BCUT2D eigenvalue weighted by Gasteiger charge is 2.17. The molecule has 1 unspecified atom stereocenters. The van der Waals surface area contributed by atoms with Crippen molar-refractivity contribution >= 4 is 33.2 Å². The van der Waals surface area contributed by atoms with Crippen molar-refractivity contribution < 1.29 is 0 Å². The number of hydrogen-bond donors (Lipinski definition) is 1. The number of rotatable bonds is 3. The Morgan fingerprint density at radius 2 is 2.33 bits per heavy atom. The second kappa shape index (κ2) is 6.78. The number of nitrogens with one attached hydrogen (secondary N) is 1. The Labute approximate surface area is 123 Å². The first kappa shape index (κ1) is 14.2. The molecule has 0 spiro atoms. The van der Waals surface area contributed by atoms with Gasteiger partial charge in [-0.2, -0.15) is 0 Å². The zero-order valence-electron chi connectivity index (χ0n) is 10.8. The zero-order chi connectivity index (χ0) is 13.0. The SMILES string of the molecule is CCCC1CN(c2ccc(Cl)c(Br)c2)CCCN1. The average molecular weight is 332 g/mol. The standard InChI is InChI=1S/C14H20BrClN2/c1-2-4-11-10-18(8-3-7-17-11)12-5-6-14(16)13(15)9-12/h5-6,9,11,17H,2-4,7-8,10H2,1H3. The van der Waals surface area contributed by atoms with Gasteiger partial charge in [0.2, 0.25) is 0 Å². The highest BCUT2D eigenvalue weighted by Crippen LogP contribution is 2.28. The summed E-state index contributed by atoms with van der Waals surface area (Å²) in [6.45, 7) is 5.56. The minimum absolute atomic E-state index is 0.604. The monoisotopic (exact) mass is 330 g/mol. The molecule has 0 amide bonds. The van der Waals surface area contributed by atoms with E-state index >= 15 is 0 Å². The van der Waals surface area contributed by atoms with Crippen molar-refractivity contribution in [3.63, 3.8) is 0 Å². The van der Waals surface area contributed by atoms with Gasteiger partial charge in [0.05, 0.1) is 5.02 Å². The van der Waals surface area contributed by atoms with Crippen LogP contribution in [-0.2, 0) is 0 Å². The van der Waals surface area contributed by atoms with Gasteiger partial charge in [0, 0.05) is 29.3 Å². The van der Waals surface area contributed by atoms with Gasteiger partial charge in [0.15, 0.2) is 0 Å². The topological polar surface area (TPSA) is 15.3 Å². The lowest BCUT2D eigenvalue weighted by Gasteiger charge is -2.26. The van der Waals surface area contributed by atoms with E-state index in [2.05, 4.69) is 45.2 Å². The van der Waals surface area contributed by atoms with E-state index in [-0.39, 0.29) is 0 Å². The summed E-state index contributed by atoms with van der Waals surface area (Å²) in [7, 11) is 0. The summed E-state index contributed by atoms with van der Waals surface area (Å²) >= 11 is 9.56. The van der Waals surface area contributed by atoms with Crippen molar-refractivity contribution in [2.24, 2.45) is 0 Å². The van der Waals surface area contributed by atoms with Crippen LogP contribution in [0.4, 0.5) is 5.69 Å². The Kier molecular flexibility index (Phi) is 5.34. The molecule has 2 rings (SSSR count). The van der Waals surface area contributed by atoms with Crippen LogP contribution in [0.25, 0.3) is 0 Å². The van der Waals surface area contributed by atoms with E-state index in [0.29, 0.717) is 6.04 Å². The molecule has 1 N–H and O–H groups in total. The molecule has 1 aliphatic rings. The lowest BCUT2D eigenvalue weighted by atomic mass is 10.1. The fourth-order valence-corrected chi connectivity index (χ4v) is 2.94. The first-order valence-electron chi connectivity index (χ1n) is 6.64. The van der Waals surface area contributed by atoms with Crippen LogP contribution in [0.15, 0.2) is 22.7 Å². The Balaban J connectivity index is 2.12. The molecule has 0 aromatic heterocycles. The zero-order valence-corrected chi connectivity index (χ0v) is 13.1. The lowest BCUT2D eigenvalue weighted by Crippen LogP contribution is -2.37. The summed E-state index contributed by atoms with van der Waals surface area (Å²) in [5, 5.41) is 4.40. The molecule has 1 aromatic carbocycles. The third-order valence-electron chi connectivity index (χ3n) is 3.38. The minimum Gasteiger partial charge on any atom is -0.370 e. The highest BCUT2D eigenvalue weighted by atomic mass is 79.9. The summed E-state index contributed by atoms with van der Waals surface area (Å²) in [5.74, 6) is 0. The van der Waals surface area contributed by atoms with E-state index < -0.39 is 0 Å². The molecular weight excluding hydrogens is 312 g/mol. The van der Waals surface area contributed by atoms with Crippen LogP contribution in [0, 0.1) is 0 Å². The largest absolute Gasteiger partial charge is 0.370 e. The molecular formula is C14H20BrClN2. The molecule has 0 bridgehead atoms. The van der Waals surface area contributed by atoms with Crippen LogP contribution in [0.1, 0.15) is 26.2 Å². The number of hydrogen-bond acceptors (Lipinski definition) is 2. The van der Waals surface area contributed by atoms with Gasteiger partial charge >= 0.3 is 0 Å². The Morgan fingerprint density at radius 3 is 3.06 bits per heavy atom. The molecule has 4 heteroatoms. The quantitative estimate of drug-likeness (QED) is 0.898. The third kappa shape index (κ3) is 3.62. The molecule has 1 fully saturated rings. The van der Waals surface area contributed by atoms with E-state index in [9.17, 15) is 0 Å². The summed E-state index contributed by atoms with van der Waals surface area (Å²) < 4.78 is 0.978. The van der Waals surface area contributed by atoms with E-state index in [1.807, 2.05) is 6.07 Å². The minimum atomic E-state index is 0.604. The van der Waals surface area contributed by atoms with Crippen molar-refractivity contribution in [1.82, 2.24) is 5.32 Å². The van der Waals surface area contributed by atoms with Gasteiger partial charge in [-0.05, 0) is 53.5 Å². The molecule has 100 valence electrons. The molecule has 0 radical (unpaired) electrons. The second-order valence-corrected chi connectivity index (χ2v) is 6.10. The molecule has 2 nitrogen and oxygen atoms in total. The Bertz CT molecular complexity index is 397. The van der Waals surface area contributed by atoms with Crippen molar-refractivity contribution in [3.05, 3.63) is 27.7 Å². The molecule has 1 aromatic rings. The maximum absolute atomic E-state index is 6.05. The number of anilines is 1. The van der Waals surface area contributed by atoms with Gasteiger partial charge in [0.25, 0.3) is 0 Å².